The molecule has 0 radical (unpaired) electrons. The van der Waals surface area contributed by atoms with E-state index in [-0.39, 0.29) is 16.9 Å². The quantitative estimate of drug-likeness (QED) is 0.831. The molecule has 2 rings (SSSR count). The van der Waals surface area contributed by atoms with E-state index in [0.717, 1.165) is 0 Å². The molecule has 18 heavy (non-hydrogen) atoms. The summed E-state index contributed by atoms with van der Waals surface area (Å²) in [5.41, 5.74) is 0.291. The van der Waals surface area contributed by atoms with Crippen molar-refractivity contribution < 1.29 is 9.90 Å². The highest BCUT2D eigenvalue weighted by Crippen LogP contribution is 2.24. The third kappa shape index (κ3) is 2.96. The van der Waals surface area contributed by atoms with E-state index in [2.05, 4.69) is 31.2 Å². The number of carbonyl (C=O) groups excluding carboxylic acids is 1. The van der Waals surface area contributed by atoms with E-state index in [1.807, 2.05) is 0 Å². The molecular weight excluding hydrogens is 321 g/mol. The predicted molar refractivity (Wildman–Crippen MR) is 70.8 cm³/mol. The number of aromatic nitrogens is 2. The Morgan fingerprint density at radius 1 is 1.39 bits per heavy atom. The van der Waals surface area contributed by atoms with Gasteiger partial charge in [0.2, 0.25) is 5.95 Å². The molecule has 2 N–H and O–H groups in total. The third-order valence-electron chi connectivity index (χ3n) is 2.06. The third-order valence-corrected chi connectivity index (χ3v) is 2.94. The lowest BCUT2D eigenvalue weighted by Crippen LogP contribution is -2.14. The fourth-order valence-corrected chi connectivity index (χ4v) is 1.61. The number of phenols is 1. The van der Waals surface area contributed by atoms with E-state index in [0.29, 0.717) is 10.0 Å². The van der Waals surface area contributed by atoms with Gasteiger partial charge in [0, 0.05) is 11.8 Å². The number of anilines is 1. The van der Waals surface area contributed by atoms with E-state index < -0.39 is 5.91 Å². The highest BCUT2D eigenvalue weighted by Gasteiger charge is 2.10. The largest absolute Gasteiger partial charge is 0.507 e. The molecule has 0 aliphatic heterocycles. The Bertz CT molecular complexity index is 607. The second-order valence-electron chi connectivity index (χ2n) is 3.32. The highest BCUT2D eigenvalue weighted by molar-refractivity contribution is 9.10. The lowest BCUT2D eigenvalue weighted by atomic mass is 10.2. The maximum atomic E-state index is 11.8. The molecule has 5 nitrogen and oxygen atoms in total. The Morgan fingerprint density at radius 2 is 2.17 bits per heavy atom. The molecule has 1 aromatic heterocycles. The SMILES string of the molecule is O=C(Nc1nccc(Cl)n1)c1ccc(Br)c(O)c1. The van der Waals surface area contributed by atoms with Gasteiger partial charge >= 0.3 is 0 Å². The van der Waals surface area contributed by atoms with Gasteiger partial charge in [0.25, 0.3) is 5.91 Å². The molecule has 0 aliphatic carbocycles. The molecule has 0 unspecified atom stereocenters. The Labute approximate surface area is 116 Å². The van der Waals surface area contributed by atoms with Crippen LogP contribution in [-0.2, 0) is 0 Å². The number of hydrogen-bond donors (Lipinski definition) is 2. The molecule has 0 atom stereocenters. The number of nitrogens with one attached hydrogen (secondary N) is 1. The first-order chi connectivity index (χ1) is 8.56. The van der Waals surface area contributed by atoms with Crippen LogP contribution in [0.5, 0.6) is 5.75 Å². The Hall–Kier alpha value is -1.66. The van der Waals surface area contributed by atoms with Gasteiger partial charge in [-0.3, -0.25) is 10.1 Å². The average Bonchev–Trinajstić information content (AvgIpc) is 2.32. The topological polar surface area (TPSA) is 75.1 Å². The minimum atomic E-state index is -0.430. The molecule has 0 bridgehead atoms. The van der Waals surface area contributed by atoms with Crippen LogP contribution in [0.3, 0.4) is 0 Å². The Morgan fingerprint density at radius 3 is 2.83 bits per heavy atom. The number of carbonyl (C=O) groups is 1. The fourth-order valence-electron chi connectivity index (χ4n) is 1.22. The standard InChI is InChI=1S/C11H7BrClN3O2/c12-7-2-1-6(5-8(7)17)10(18)16-11-14-4-3-9(13)15-11/h1-5,17H,(H,14,15,16,18). The van der Waals surface area contributed by atoms with Crippen LogP contribution in [0.2, 0.25) is 5.15 Å². The summed E-state index contributed by atoms with van der Waals surface area (Å²) >= 11 is 8.80. The number of benzene rings is 1. The number of nitrogens with zero attached hydrogens (tertiary/aromatic N) is 2. The van der Waals surface area contributed by atoms with Gasteiger partial charge in [-0.15, -0.1) is 0 Å². The molecule has 0 spiro atoms. The smallest absolute Gasteiger partial charge is 0.258 e. The number of aromatic hydroxyl groups is 1. The second-order valence-corrected chi connectivity index (χ2v) is 4.56. The van der Waals surface area contributed by atoms with Gasteiger partial charge < -0.3 is 5.11 Å². The number of amides is 1. The van der Waals surface area contributed by atoms with Crippen LogP contribution in [0.15, 0.2) is 34.9 Å². The Kier molecular flexibility index (Phi) is 3.78. The van der Waals surface area contributed by atoms with E-state index in [1.54, 1.807) is 12.1 Å². The molecule has 1 aromatic carbocycles. The van der Waals surface area contributed by atoms with E-state index in [1.165, 1.54) is 18.3 Å². The first-order valence-corrected chi connectivity index (χ1v) is 6.02. The summed E-state index contributed by atoms with van der Waals surface area (Å²) in [7, 11) is 0. The van der Waals surface area contributed by atoms with Crippen molar-refractivity contribution in [1.82, 2.24) is 9.97 Å². The van der Waals surface area contributed by atoms with Crippen LogP contribution < -0.4 is 5.32 Å². The van der Waals surface area contributed by atoms with E-state index in [4.69, 9.17) is 11.6 Å². The van der Waals surface area contributed by atoms with Crippen LogP contribution in [-0.4, -0.2) is 21.0 Å². The first kappa shape index (κ1) is 12.8. The zero-order valence-electron chi connectivity index (χ0n) is 8.89. The van der Waals surface area contributed by atoms with Crippen molar-refractivity contribution in [2.45, 2.75) is 0 Å². The molecule has 92 valence electrons. The van der Waals surface area contributed by atoms with Gasteiger partial charge in [-0.25, -0.2) is 9.97 Å². The van der Waals surface area contributed by atoms with Gasteiger partial charge in [-0.1, -0.05) is 11.6 Å². The highest BCUT2D eigenvalue weighted by atomic mass is 79.9. The second kappa shape index (κ2) is 5.32. The first-order valence-electron chi connectivity index (χ1n) is 4.84. The van der Waals surface area contributed by atoms with Gasteiger partial charge in [-0.2, -0.15) is 0 Å². The number of hydrogen-bond acceptors (Lipinski definition) is 4. The zero-order valence-corrected chi connectivity index (χ0v) is 11.2. The van der Waals surface area contributed by atoms with Gasteiger partial charge in [0.1, 0.15) is 10.9 Å². The van der Waals surface area contributed by atoms with Crippen molar-refractivity contribution in [1.29, 1.82) is 0 Å². The van der Waals surface area contributed by atoms with Crippen molar-refractivity contribution in [2.24, 2.45) is 0 Å². The van der Waals surface area contributed by atoms with Crippen LogP contribution in [0.25, 0.3) is 0 Å². The molecule has 7 heteroatoms. The molecule has 2 aromatic rings. The molecular formula is C11H7BrClN3O2. The maximum Gasteiger partial charge on any atom is 0.258 e. The van der Waals surface area contributed by atoms with Crippen molar-refractivity contribution in [3.63, 3.8) is 0 Å². The normalized spacial score (nSPS) is 10.1. The molecule has 1 heterocycles. The van der Waals surface area contributed by atoms with Crippen LogP contribution in [0.4, 0.5) is 5.95 Å². The minimum absolute atomic E-state index is 0.0188. The number of rotatable bonds is 2. The fraction of sp³-hybridized carbons (Fsp3) is 0. The van der Waals surface area contributed by atoms with Crippen molar-refractivity contribution in [2.75, 3.05) is 5.32 Å². The van der Waals surface area contributed by atoms with E-state index in [9.17, 15) is 9.90 Å². The average molecular weight is 329 g/mol. The van der Waals surface area contributed by atoms with Crippen molar-refractivity contribution in [3.05, 3.63) is 45.7 Å². The van der Waals surface area contributed by atoms with Gasteiger partial charge in [0.05, 0.1) is 4.47 Å². The van der Waals surface area contributed by atoms with Gasteiger partial charge in [0.15, 0.2) is 0 Å². The number of phenolic OH excluding ortho intramolecular Hbond substituents is 1. The summed E-state index contributed by atoms with van der Waals surface area (Å²) < 4.78 is 0.512. The Balaban J connectivity index is 2.19. The van der Waals surface area contributed by atoms with Crippen LogP contribution in [0, 0.1) is 0 Å². The minimum Gasteiger partial charge on any atom is -0.507 e. The van der Waals surface area contributed by atoms with Crippen molar-refractivity contribution in [3.8, 4) is 5.75 Å². The van der Waals surface area contributed by atoms with Crippen LogP contribution in [0.1, 0.15) is 10.4 Å². The summed E-state index contributed by atoms with van der Waals surface area (Å²) in [6.07, 6.45) is 1.43. The summed E-state index contributed by atoms with van der Waals surface area (Å²) in [6.45, 7) is 0. The zero-order chi connectivity index (χ0) is 13.1. The maximum absolute atomic E-state index is 11.8. The lowest BCUT2D eigenvalue weighted by molar-refractivity contribution is 0.102. The lowest BCUT2D eigenvalue weighted by Gasteiger charge is -2.04. The molecule has 0 saturated heterocycles. The van der Waals surface area contributed by atoms with Crippen LogP contribution >= 0.6 is 27.5 Å². The van der Waals surface area contributed by atoms with E-state index >= 15 is 0 Å². The summed E-state index contributed by atoms with van der Waals surface area (Å²) in [5.74, 6) is -0.343. The predicted octanol–water partition coefficient (Wildman–Crippen LogP) is 2.85. The number of halogens is 2. The van der Waals surface area contributed by atoms with Gasteiger partial charge in [-0.05, 0) is 40.2 Å². The molecule has 1 amide bonds. The molecule has 0 aliphatic rings. The summed E-state index contributed by atoms with van der Waals surface area (Å²) in [6, 6.07) is 5.97. The summed E-state index contributed by atoms with van der Waals surface area (Å²) in [4.78, 5) is 19.5. The van der Waals surface area contributed by atoms with Crippen molar-refractivity contribution >= 4 is 39.4 Å². The monoisotopic (exact) mass is 327 g/mol. The molecule has 0 fully saturated rings. The molecule has 0 saturated carbocycles. The summed E-state index contributed by atoms with van der Waals surface area (Å²) in [5, 5.41) is 12.2.